The first kappa shape index (κ1) is 13.8. The van der Waals surface area contributed by atoms with Crippen molar-refractivity contribution >= 4 is 0 Å². The van der Waals surface area contributed by atoms with Crippen LogP contribution in [-0.2, 0) is 4.74 Å². The molecule has 4 rings (SSSR count). The van der Waals surface area contributed by atoms with Crippen LogP contribution in [-0.4, -0.2) is 43.8 Å². The van der Waals surface area contributed by atoms with Gasteiger partial charge in [-0.25, -0.2) is 0 Å². The Labute approximate surface area is 126 Å². The number of rotatable bonds is 5. The van der Waals surface area contributed by atoms with Crippen LogP contribution in [0.2, 0.25) is 0 Å². The van der Waals surface area contributed by atoms with E-state index in [0.717, 1.165) is 37.4 Å². The second-order valence-corrected chi connectivity index (χ2v) is 6.94. The highest BCUT2D eigenvalue weighted by molar-refractivity contribution is 5.21. The highest BCUT2D eigenvalue weighted by Crippen LogP contribution is 2.48. The molecule has 2 heterocycles. The van der Waals surface area contributed by atoms with Gasteiger partial charge >= 0.3 is 0 Å². The summed E-state index contributed by atoms with van der Waals surface area (Å²) in [5.41, 5.74) is 0. The standard InChI is InChI=1S/C17H26N2O2/c1-11-9-13(11)14-5-6-15(21-14)17-16(10-18-2)20-8-7-19(17)12-3-4-12/h5-6,11-13,16-18H,3-4,7-10H2,1-2H3. The molecule has 4 atom stereocenters. The molecule has 0 amide bonds. The van der Waals surface area contributed by atoms with Crippen LogP contribution in [0.25, 0.3) is 0 Å². The molecule has 0 bridgehead atoms. The van der Waals surface area contributed by atoms with Gasteiger partial charge in [-0.05, 0) is 44.4 Å². The molecule has 3 fully saturated rings. The quantitative estimate of drug-likeness (QED) is 0.904. The number of morpholine rings is 1. The maximum absolute atomic E-state index is 6.25. The Bertz CT molecular complexity index is 495. The first-order valence-corrected chi connectivity index (χ1v) is 8.39. The van der Waals surface area contributed by atoms with Gasteiger partial charge in [0.15, 0.2) is 0 Å². The van der Waals surface area contributed by atoms with Crippen molar-refractivity contribution < 1.29 is 9.15 Å². The lowest BCUT2D eigenvalue weighted by Crippen LogP contribution is -2.49. The molecule has 1 aromatic heterocycles. The lowest BCUT2D eigenvalue weighted by atomic mass is 10.0. The summed E-state index contributed by atoms with van der Waals surface area (Å²) in [7, 11) is 2.00. The first-order chi connectivity index (χ1) is 10.3. The minimum Gasteiger partial charge on any atom is -0.464 e. The summed E-state index contributed by atoms with van der Waals surface area (Å²) in [6.45, 7) is 5.05. The topological polar surface area (TPSA) is 37.6 Å². The van der Waals surface area contributed by atoms with E-state index in [1.54, 1.807) is 0 Å². The van der Waals surface area contributed by atoms with Crippen LogP contribution >= 0.6 is 0 Å². The molecule has 1 N–H and O–H groups in total. The molecule has 0 radical (unpaired) electrons. The number of nitrogens with zero attached hydrogens (tertiary/aromatic N) is 1. The third kappa shape index (κ3) is 2.65. The molecule has 1 saturated heterocycles. The Hall–Kier alpha value is -0.840. The van der Waals surface area contributed by atoms with E-state index in [1.165, 1.54) is 25.0 Å². The van der Waals surface area contributed by atoms with E-state index in [0.29, 0.717) is 5.92 Å². The van der Waals surface area contributed by atoms with Crippen molar-refractivity contribution in [3.63, 3.8) is 0 Å². The van der Waals surface area contributed by atoms with Gasteiger partial charge in [0.2, 0.25) is 0 Å². The Kier molecular flexibility index (Phi) is 3.56. The molecule has 4 heteroatoms. The molecular weight excluding hydrogens is 264 g/mol. The van der Waals surface area contributed by atoms with Gasteiger partial charge in [-0.2, -0.15) is 0 Å². The van der Waals surface area contributed by atoms with Gasteiger partial charge in [0, 0.05) is 25.0 Å². The predicted molar refractivity (Wildman–Crippen MR) is 81.4 cm³/mol. The summed E-state index contributed by atoms with van der Waals surface area (Å²) in [5, 5.41) is 3.27. The lowest BCUT2D eigenvalue weighted by molar-refractivity contribution is -0.0804. The molecule has 3 aliphatic rings. The van der Waals surface area contributed by atoms with Gasteiger partial charge in [0.1, 0.15) is 11.5 Å². The summed E-state index contributed by atoms with van der Waals surface area (Å²) in [5.74, 6) is 3.73. The number of hydrogen-bond acceptors (Lipinski definition) is 4. The van der Waals surface area contributed by atoms with Crippen molar-refractivity contribution in [1.29, 1.82) is 0 Å². The molecule has 1 aliphatic heterocycles. The molecule has 4 unspecified atom stereocenters. The predicted octanol–water partition coefficient (Wildman–Crippen LogP) is 2.53. The second kappa shape index (κ2) is 5.41. The molecule has 2 saturated carbocycles. The molecule has 116 valence electrons. The van der Waals surface area contributed by atoms with E-state index in [-0.39, 0.29) is 12.1 Å². The van der Waals surface area contributed by atoms with E-state index >= 15 is 0 Å². The fourth-order valence-electron chi connectivity index (χ4n) is 3.73. The highest BCUT2D eigenvalue weighted by Gasteiger charge is 2.43. The average Bonchev–Trinajstić information content (AvgIpc) is 3.40. The number of likely N-dealkylation sites (N-methyl/N-ethyl adjacent to an activating group) is 1. The van der Waals surface area contributed by atoms with Crippen LogP contribution in [0.15, 0.2) is 16.5 Å². The fourth-order valence-corrected chi connectivity index (χ4v) is 3.73. The van der Waals surface area contributed by atoms with Crippen molar-refractivity contribution in [2.24, 2.45) is 5.92 Å². The van der Waals surface area contributed by atoms with Crippen LogP contribution in [0.4, 0.5) is 0 Å². The molecule has 4 nitrogen and oxygen atoms in total. The van der Waals surface area contributed by atoms with Gasteiger partial charge < -0.3 is 14.5 Å². The smallest absolute Gasteiger partial charge is 0.124 e. The Morgan fingerprint density at radius 2 is 2.05 bits per heavy atom. The molecule has 0 aromatic carbocycles. The van der Waals surface area contributed by atoms with Crippen LogP contribution in [0.5, 0.6) is 0 Å². The minimum atomic E-state index is 0.194. The molecule has 2 aliphatic carbocycles. The van der Waals surface area contributed by atoms with E-state index in [2.05, 4.69) is 29.3 Å². The zero-order chi connectivity index (χ0) is 14.4. The van der Waals surface area contributed by atoms with Gasteiger partial charge in [-0.1, -0.05) is 6.92 Å². The van der Waals surface area contributed by atoms with E-state index < -0.39 is 0 Å². The first-order valence-electron chi connectivity index (χ1n) is 8.39. The van der Waals surface area contributed by atoms with Crippen LogP contribution in [0.3, 0.4) is 0 Å². The van der Waals surface area contributed by atoms with Gasteiger partial charge in [-0.15, -0.1) is 0 Å². The zero-order valence-electron chi connectivity index (χ0n) is 13.0. The maximum atomic E-state index is 6.25. The fraction of sp³-hybridized carbons (Fsp3) is 0.765. The van der Waals surface area contributed by atoms with Crippen LogP contribution in [0, 0.1) is 5.92 Å². The third-order valence-corrected chi connectivity index (χ3v) is 5.23. The Balaban J connectivity index is 1.58. The molecule has 1 aromatic rings. The molecule has 21 heavy (non-hydrogen) atoms. The maximum Gasteiger partial charge on any atom is 0.124 e. The SMILES string of the molecule is CNCC1OCCN(C2CC2)C1c1ccc(C2CC2C)o1. The van der Waals surface area contributed by atoms with Crippen molar-refractivity contribution in [2.45, 2.75) is 50.3 Å². The molecular formula is C17H26N2O2. The number of furan rings is 1. The summed E-state index contributed by atoms with van der Waals surface area (Å²) < 4.78 is 12.3. The van der Waals surface area contributed by atoms with Crippen molar-refractivity contribution in [3.8, 4) is 0 Å². The van der Waals surface area contributed by atoms with Gasteiger partial charge in [0.25, 0.3) is 0 Å². The van der Waals surface area contributed by atoms with Crippen LogP contribution < -0.4 is 5.32 Å². The third-order valence-electron chi connectivity index (χ3n) is 5.23. The van der Waals surface area contributed by atoms with Crippen molar-refractivity contribution in [3.05, 3.63) is 23.7 Å². The van der Waals surface area contributed by atoms with E-state index in [1.807, 2.05) is 7.05 Å². The average molecular weight is 290 g/mol. The summed E-state index contributed by atoms with van der Waals surface area (Å²) in [4.78, 5) is 2.62. The Morgan fingerprint density at radius 1 is 1.29 bits per heavy atom. The number of hydrogen-bond donors (Lipinski definition) is 1. The normalized spacial score (nSPS) is 36.9. The van der Waals surface area contributed by atoms with Gasteiger partial charge in [-0.3, -0.25) is 4.90 Å². The molecule has 0 spiro atoms. The highest BCUT2D eigenvalue weighted by atomic mass is 16.5. The number of nitrogens with one attached hydrogen (secondary N) is 1. The zero-order valence-corrected chi connectivity index (χ0v) is 13.0. The lowest BCUT2D eigenvalue weighted by Gasteiger charge is -2.40. The van der Waals surface area contributed by atoms with E-state index in [9.17, 15) is 0 Å². The Morgan fingerprint density at radius 3 is 2.71 bits per heavy atom. The monoisotopic (exact) mass is 290 g/mol. The number of ether oxygens (including phenoxy) is 1. The van der Waals surface area contributed by atoms with Crippen LogP contribution in [0.1, 0.15) is 49.7 Å². The largest absolute Gasteiger partial charge is 0.464 e. The summed E-state index contributed by atoms with van der Waals surface area (Å²) in [6, 6.07) is 5.41. The van der Waals surface area contributed by atoms with Crippen molar-refractivity contribution in [2.75, 3.05) is 26.7 Å². The van der Waals surface area contributed by atoms with E-state index in [4.69, 9.17) is 9.15 Å². The summed E-state index contributed by atoms with van der Waals surface area (Å²) in [6.07, 6.45) is 4.13. The summed E-state index contributed by atoms with van der Waals surface area (Å²) >= 11 is 0. The minimum absolute atomic E-state index is 0.194. The second-order valence-electron chi connectivity index (χ2n) is 6.94. The van der Waals surface area contributed by atoms with Gasteiger partial charge in [0.05, 0.1) is 18.8 Å². The van der Waals surface area contributed by atoms with Crippen molar-refractivity contribution in [1.82, 2.24) is 10.2 Å².